The molecule has 0 bridgehead atoms. The first kappa shape index (κ1) is 8.25. The van der Waals surface area contributed by atoms with Crippen LogP contribution in [0.25, 0.3) is 0 Å². The number of rotatable bonds is 3. The SMILES string of the molecule is OC(CC1CCC1)C1C2COCC21. The van der Waals surface area contributed by atoms with Gasteiger partial charge < -0.3 is 9.84 Å². The first-order chi connectivity index (χ1) is 6.36. The van der Waals surface area contributed by atoms with E-state index in [4.69, 9.17) is 4.74 Å². The Morgan fingerprint density at radius 1 is 1.23 bits per heavy atom. The van der Waals surface area contributed by atoms with Gasteiger partial charge in [-0.3, -0.25) is 0 Å². The Morgan fingerprint density at radius 2 is 1.92 bits per heavy atom. The quantitative estimate of drug-likeness (QED) is 0.715. The van der Waals surface area contributed by atoms with Crippen LogP contribution in [0.5, 0.6) is 0 Å². The van der Waals surface area contributed by atoms with Crippen LogP contribution in [0.3, 0.4) is 0 Å². The van der Waals surface area contributed by atoms with E-state index in [9.17, 15) is 5.11 Å². The normalized spacial score (nSPS) is 45.5. The van der Waals surface area contributed by atoms with Crippen LogP contribution in [0.4, 0.5) is 0 Å². The summed E-state index contributed by atoms with van der Waals surface area (Å²) in [7, 11) is 0. The highest BCUT2D eigenvalue weighted by Crippen LogP contribution is 2.54. The summed E-state index contributed by atoms with van der Waals surface area (Å²) < 4.78 is 5.32. The van der Waals surface area contributed by atoms with Crippen LogP contribution < -0.4 is 0 Å². The number of hydrogen-bond acceptors (Lipinski definition) is 2. The largest absolute Gasteiger partial charge is 0.393 e. The maximum atomic E-state index is 9.97. The molecule has 0 radical (unpaired) electrons. The lowest BCUT2D eigenvalue weighted by Crippen LogP contribution is -2.23. The van der Waals surface area contributed by atoms with Gasteiger partial charge >= 0.3 is 0 Å². The van der Waals surface area contributed by atoms with Gasteiger partial charge in [-0.2, -0.15) is 0 Å². The molecule has 2 saturated carbocycles. The summed E-state index contributed by atoms with van der Waals surface area (Å²) in [6, 6.07) is 0. The van der Waals surface area contributed by atoms with E-state index in [-0.39, 0.29) is 6.10 Å². The van der Waals surface area contributed by atoms with Crippen molar-refractivity contribution in [2.75, 3.05) is 13.2 Å². The lowest BCUT2D eigenvalue weighted by Gasteiger charge is -2.28. The fourth-order valence-electron chi connectivity index (χ4n) is 3.08. The van der Waals surface area contributed by atoms with E-state index in [1.54, 1.807) is 0 Å². The van der Waals surface area contributed by atoms with Gasteiger partial charge in [0.05, 0.1) is 19.3 Å². The number of aliphatic hydroxyl groups is 1. The zero-order valence-electron chi connectivity index (χ0n) is 7.98. The third-order valence-electron chi connectivity index (χ3n) is 4.26. The molecular formula is C11H18O2. The zero-order chi connectivity index (χ0) is 8.84. The average Bonchev–Trinajstić information content (AvgIpc) is 2.53. The molecular weight excluding hydrogens is 164 g/mol. The third-order valence-corrected chi connectivity index (χ3v) is 4.26. The van der Waals surface area contributed by atoms with Crippen molar-refractivity contribution in [3.8, 4) is 0 Å². The molecule has 2 nitrogen and oxygen atoms in total. The second-order valence-electron chi connectivity index (χ2n) is 5.04. The molecule has 74 valence electrons. The topological polar surface area (TPSA) is 29.5 Å². The molecule has 0 aromatic carbocycles. The van der Waals surface area contributed by atoms with Crippen LogP contribution in [0.15, 0.2) is 0 Å². The number of aliphatic hydroxyl groups excluding tert-OH is 1. The second kappa shape index (κ2) is 2.96. The van der Waals surface area contributed by atoms with Crippen molar-refractivity contribution in [3.63, 3.8) is 0 Å². The molecule has 1 saturated heterocycles. The molecule has 1 aliphatic heterocycles. The van der Waals surface area contributed by atoms with Crippen molar-refractivity contribution in [1.82, 2.24) is 0 Å². The molecule has 2 heteroatoms. The van der Waals surface area contributed by atoms with Gasteiger partial charge in [-0.25, -0.2) is 0 Å². The van der Waals surface area contributed by atoms with Crippen molar-refractivity contribution in [2.45, 2.75) is 31.8 Å². The highest BCUT2D eigenvalue weighted by atomic mass is 16.5. The summed E-state index contributed by atoms with van der Waals surface area (Å²) in [6.45, 7) is 1.83. The summed E-state index contributed by atoms with van der Waals surface area (Å²) in [5, 5.41) is 9.97. The van der Waals surface area contributed by atoms with E-state index in [0.29, 0.717) is 5.92 Å². The van der Waals surface area contributed by atoms with E-state index in [0.717, 1.165) is 37.4 Å². The molecule has 13 heavy (non-hydrogen) atoms. The fourth-order valence-corrected chi connectivity index (χ4v) is 3.08. The van der Waals surface area contributed by atoms with Crippen LogP contribution in [0, 0.1) is 23.7 Å². The standard InChI is InChI=1S/C11H18O2/c12-10(4-7-2-1-3-7)11-8-5-13-6-9(8)11/h7-12H,1-6H2. The minimum atomic E-state index is -0.0100. The Hall–Kier alpha value is -0.0800. The Balaban J connectivity index is 1.49. The maximum Gasteiger partial charge on any atom is 0.0578 e. The molecule has 3 rings (SSSR count). The van der Waals surface area contributed by atoms with Gasteiger partial charge in [0.2, 0.25) is 0 Å². The summed E-state index contributed by atoms with van der Waals surface area (Å²) in [5.41, 5.74) is 0. The summed E-state index contributed by atoms with van der Waals surface area (Å²) in [5.74, 6) is 2.89. The Kier molecular flexibility index (Phi) is 1.88. The third kappa shape index (κ3) is 1.31. The van der Waals surface area contributed by atoms with E-state index < -0.39 is 0 Å². The first-order valence-corrected chi connectivity index (χ1v) is 5.62. The Morgan fingerprint density at radius 3 is 2.46 bits per heavy atom. The predicted molar refractivity (Wildman–Crippen MR) is 49.3 cm³/mol. The van der Waals surface area contributed by atoms with E-state index in [1.807, 2.05) is 0 Å². The first-order valence-electron chi connectivity index (χ1n) is 5.62. The van der Waals surface area contributed by atoms with Crippen LogP contribution in [-0.2, 0) is 4.74 Å². The molecule has 0 aromatic heterocycles. The van der Waals surface area contributed by atoms with Gasteiger partial charge in [0.15, 0.2) is 0 Å². The monoisotopic (exact) mass is 182 g/mol. The smallest absolute Gasteiger partial charge is 0.0578 e. The number of fused-ring (bicyclic) bond motifs is 1. The molecule has 2 aliphatic carbocycles. The number of ether oxygens (including phenoxy) is 1. The van der Waals surface area contributed by atoms with Crippen LogP contribution in [-0.4, -0.2) is 24.4 Å². The van der Waals surface area contributed by atoms with Crippen molar-refractivity contribution < 1.29 is 9.84 Å². The molecule has 0 amide bonds. The maximum absolute atomic E-state index is 9.97. The van der Waals surface area contributed by atoms with Gasteiger partial charge in [0.25, 0.3) is 0 Å². The van der Waals surface area contributed by atoms with Crippen LogP contribution in [0.1, 0.15) is 25.7 Å². The average molecular weight is 182 g/mol. The summed E-state index contributed by atoms with van der Waals surface area (Å²) in [6.07, 6.45) is 5.16. The minimum absolute atomic E-state index is 0.0100. The van der Waals surface area contributed by atoms with Crippen molar-refractivity contribution in [2.24, 2.45) is 23.7 Å². The van der Waals surface area contributed by atoms with Crippen molar-refractivity contribution in [3.05, 3.63) is 0 Å². The molecule has 0 spiro atoms. The molecule has 1 heterocycles. The Bertz CT molecular complexity index is 190. The predicted octanol–water partition coefficient (Wildman–Crippen LogP) is 1.43. The van der Waals surface area contributed by atoms with E-state index in [1.165, 1.54) is 19.3 Å². The lowest BCUT2D eigenvalue weighted by molar-refractivity contribution is 0.0612. The highest BCUT2D eigenvalue weighted by Gasteiger charge is 2.57. The molecule has 3 unspecified atom stereocenters. The van der Waals surface area contributed by atoms with Gasteiger partial charge in [-0.1, -0.05) is 19.3 Å². The van der Waals surface area contributed by atoms with Gasteiger partial charge in [-0.05, 0) is 30.1 Å². The summed E-state index contributed by atoms with van der Waals surface area (Å²) in [4.78, 5) is 0. The van der Waals surface area contributed by atoms with Gasteiger partial charge in [0.1, 0.15) is 0 Å². The Labute approximate surface area is 79.3 Å². The molecule has 3 atom stereocenters. The molecule has 3 aliphatic rings. The number of hydrogen-bond donors (Lipinski definition) is 1. The van der Waals surface area contributed by atoms with Crippen LogP contribution in [0.2, 0.25) is 0 Å². The molecule has 3 fully saturated rings. The zero-order valence-corrected chi connectivity index (χ0v) is 7.98. The second-order valence-corrected chi connectivity index (χ2v) is 5.04. The van der Waals surface area contributed by atoms with Crippen molar-refractivity contribution >= 4 is 0 Å². The summed E-state index contributed by atoms with van der Waals surface area (Å²) >= 11 is 0. The minimum Gasteiger partial charge on any atom is -0.393 e. The van der Waals surface area contributed by atoms with Crippen molar-refractivity contribution in [1.29, 1.82) is 0 Å². The van der Waals surface area contributed by atoms with Gasteiger partial charge in [-0.15, -0.1) is 0 Å². The van der Waals surface area contributed by atoms with E-state index in [2.05, 4.69) is 0 Å². The van der Waals surface area contributed by atoms with Gasteiger partial charge in [0, 0.05) is 0 Å². The van der Waals surface area contributed by atoms with Crippen LogP contribution >= 0.6 is 0 Å². The van der Waals surface area contributed by atoms with E-state index >= 15 is 0 Å². The molecule has 0 aromatic rings. The highest BCUT2D eigenvalue weighted by molar-refractivity contribution is 5.04. The lowest BCUT2D eigenvalue weighted by atomic mass is 9.80. The fraction of sp³-hybridized carbons (Fsp3) is 1.00. The molecule has 1 N–H and O–H groups in total.